The second-order valence-electron chi connectivity index (χ2n) is 5.29. The zero-order valence-corrected chi connectivity index (χ0v) is 14.0. The number of hydrogen-bond donors (Lipinski definition) is 2. The van der Waals surface area contributed by atoms with E-state index in [9.17, 15) is 9.59 Å². The summed E-state index contributed by atoms with van der Waals surface area (Å²) in [5, 5.41) is 12.0. The maximum atomic E-state index is 12.2. The SMILES string of the molecule is COc1cc(C=C2C(=O)Nc3ccc(Cl)cc32)ccc1OCC(=O)O. The molecular formula is C18H14ClNO5. The van der Waals surface area contributed by atoms with Crippen LogP contribution >= 0.6 is 11.6 Å². The van der Waals surface area contributed by atoms with Gasteiger partial charge in [-0.3, -0.25) is 4.79 Å². The van der Waals surface area contributed by atoms with Gasteiger partial charge in [-0.25, -0.2) is 4.79 Å². The maximum Gasteiger partial charge on any atom is 0.341 e. The Hall–Kier alpha value is -2.99. The summed E-state index contributed by atoms with van der Waals surface area (Å²) in [7, 11) is 1.46. The Bertz CT molecular complexity index is 891. The molecule has 2 N–H and O–H groups in total. The van der Waals surface area contributed by atoms with Crippen molar-refractivity contribution in [3.63, 3.8) is 0 Å². The number of fused-ring (bicyclic) bond motifs is 1. The number of benzene rings is 2. The van der Waals surface area contributed by atoms with Gasteiger partial charge in [0.2, 0.25) is 0 Å². The largest absolute Gasteiger partial charge is 0.493 e. The molecule has 0 aromatic heterocycles. The molecule has 0 saturated heterocycles. The molecule has 0 spiro atoms. The molecule has 1 aliphatic heterocycles. The minimum Gasteiger partial charge on any atom is -0.493 e. The van der Waals surface area contributed by atoms with Gasteiger partial charge in [0.1, 0.15) is 0 Å². The maximum absolute atomic E-state index is 12.2. The molecule has 0 aliphatic carbocycles. The molecule has 0 atom stereocenters. The lowest BCUT2D eigenvalue weighted by Gasteiger charge is -2.10. The Morgan fingerprint density at radius 1 is 1.24 bits per heavy atom. The fourth-order valence-electron chi connectivity index (χ4n) is 2.50. The lowest BCUT2D eigenvalue weighted by atomic mass is 10.0. The third-order valence-electron chi connectivity index (χ3n) is 3.61. The first-order chi connectivity index (χ1) is 12.0. The van der Waals surface area contributed by atoms with E-state index in [2.05, 4.69) is 5.32 Å². The van der Waals surface area contributed by atoms with E-state index in [1.807, 2.05) is 0 Å². The van der Waals surface area contributed by atoms with Gasteiger partial charge in [0, 0.05) is 21.8 Å². The van der Waals surface area contributed by atoms with E-state index in [-0.39, 0.29) is 5.91 Å². The molecule has 7 heteroatoms. The van der Waals surface area contributed by atoms with Crippen LogP contribution in [0.2, 0.25) is 5.02 Å². The van der Waals surface area contributed by atoms with E-state index in [4.69, 9.17) is 26.2 Å². The molecule has 0 fully saturated rings. The summed E-state index contributed by atoms with van der Waals surface area (Å²) in [5.74, 6) is -0.613. The van der Waals surface area contributed by atoms with Crippen molar-refractivity contribution in [2.75, 3.05) is 19.0 Å². The number of methoxy groups -OCH3 is 1. The molecule has 2 aromatic rings. The topological polar surface area (TPSA) is 84.9 Å². The number of rotatable bonds is 5. The Morgan fingerprint density at radius 3 is 2.76 bits per heavy atom. The number of amides is 1. The van der Waals surface area contributed by atoms with E-state index < -0.39 is 12.6 Å². The van der Waals surface area contributed by atoms with E-state index in [0.717, 1.165) is 5.56 Å². The third-order valence-corrected chi connectivity index (χ3v) is 3.85. The molecule has 0 saturated carbocycles. The van der Waals surface area contributed by atoms with Gasteiger partial charge in [-0.15, -0.1) is 0 Å². The molecule has 1 heterocycles. The summed E-state index contributed by atoms with van der Waals surface area (Å²) < 4.78 is 10.4. The number of ether oxygens (including phenoxy) is 2. The summed E-state index contributed by atoms with van der Waals surface area (Å²) in [5.41, 5.74) is 2.62. The zero-order chi connectivity index (χ0) is 18.0. The van der Waals surface area contributed by atoms with E-state index in [1.165, 1.54) is 7.11 Å². The Kier molecular flexibility index (Phi) is 4.63. The predicted octanol–water partition coefficient (Wildman–Crippen LogP) is 3.30. The highest BCUT2D eigenvalue weighted by Crippen LogP contribution is 2.36. The number of carbonyl (C=O) groups is 2. The highest BCUT2D eigenvalue weighted by atomic mass is 35.5. The Labute approximate surface area is 148 Å². The van der Waals surface area contributed by atoms with Crippen molar-refractivity contribution in [3.8, 4) is 11.5 Å². The lowest BCUT2D eigenvalue weighted by molar-refractivity contribution is -0.139. The Morgan fingerprint density at radius 2 is 2.04 bits per heavy atom. The number of aliphatic carboxylic acids is 1. The van der Waals surface area contributed by atoms with Crippen LogP contribution in [-0.2, 0) is 9.59 Å². The second kappa shape index (κ2) is 6.86. The zero-order valence-electron chi connectivity index (χ0n) is 13.2. The van der Waals surface area contributed by atoms with Crippen LogP contribution in [0.3, 0.4) is 0 Å². The summed E-state index contributed by atoms with van der Waals surface area (Å²) in [6.45, 7) is -0.467. The van der Waals surface area contributed by atoms with E-state index in [0.29, 0.717) is 33.3 Å². The third kappa shape index (κ3) is 3.59. The fraction of sp³-hybridized carbons (Fsp3) is 0.111. The standard InChI is InChI=1S/C18H14ClNO5/c1-24-16-7-10(2-5-15(16)25-9-17(21)22)6-13-12-8-11(19)3-4-14(12)20-18(13)23/h2-8H,9H2,1H3,(H,20,23)(H,21,22). The Balaban J connectivity index is 1.95. The van der Waals surface area contributed by atoms with Crippen LogP contribution in [-0.4, -0.2) is 30.7 Å². The number of halogens is 1. The summed E-state index contributed by atoms with van der Waals surface area (Å²) >= 11 is 6.02. The van der Waals surface area contributed by atoms with Crippen molar-refractivity contribution in [2.24, 2.45) is 0 Å². The molecule has 2 aromatic carbocycles. The fourth-order valence-corrected chi connectivity index (χ4v) is 2.68. The minimum atomic E-state index is -1.08. The summed E-state index contributed by atoms with van der Waals surface area (Å²) in [6, 6.07) is 10.2. The first kappa shape index (κ1) is 16.9. The normalized spacial score (nSPS) is 14.2. The number of carboxylic acid groups (broad SMARTS) is 1. The van der Waals surface area contributed by atoms with Gasteiger partial charge in [0.05, 0.1) is 7.11 Å². The molecule has 0 radical (unpaired) electrons. The van der Waals surface area contributed by atoms with Gasteiger partial charge in [-0.05, 0) is 42.0 Å². The first-order valence-corrected chi connectivity index (χ1v) is 7.71. The second-order valence-corrected chi connectivity index (χ2v) is 5.73. The highest BCUT2D eigenvalue weighted by Gasteiger charge is 2.24. The van der Waals surface area contributed by atoms with Crippen molar-refractivity contribution in [1.82, 2.24) is 0 Å². The molecule has 1 aliphatic rings. The number of carboxylic acids is 1. The van der Waals surface area contributed by atoms with Crippen molar-refractivity contribution in [1.29, 1.82) is 0 Å². The molecule has 0 bridgehead atoms. The number of nitrogens with one attached hydrogen (secondary N) is 1. The van der Waals surface area contributed by atoms with Crippen molar-refractivity contribution in [3.05, 3.63) is 52.5 Å². The van der Waals surface area contributed by atoms with Crippen LogP contribution in [0.25, 0.3) is 11.6 Å². The highest BCUT2D eigenvalue weighted by molar-refractivity contribution is 6.36. The smallest absolute Gasteiger partial charge is 0.341 e. The molecule has 128 valence electrons. The van der Waals surface area contributed by atoms with Crippen LogP contribution in [0, 0.1) is 0 Å². The molecule has 3 rings (SSSR count). The van der Waals surface area contributed by atoms with Crippen LogP contribution in [0.1, 0.15) is 11.1 Å². The monoisotopic (exact) mass is 359 g/mol. The van der Waals surface area contributed by atoms with Gasteiger partial charge in [0.15, 0.2) is 18.1 Å². The molecule has 1 amide bonds. The number of carbonyl (C=O) groups excluding carboxylic acids is 1. The molecule has 25 heavy (non-hydrogen) atoms. The number of anilines is 1. The van der Waals surface area contributed by atoms with Crippen LogP contribution < -0.4 is 14.8 Å². The predicted molar refractivity (Wildman–Crippen MR) is 94.1 cm³/mol. The summed E-state index contributed by atoms with van der Waals surface area (Å²) in [4.78, 5) is 22.8. The van der Waals surface area contributed by atoms with Crippen LogP contribution in [0.4, 0.5) is 5.69 Å². The van der Waals surface area contributed by atoms with Crippen molar-refractivity contribution in [2.45, 2.75) is 0 Å². The molecule has 6 nitrogen and oxygen atoms in total. The quantitative estimate of drug-likeness (QED) is 0.800. The first-order valence-electron chi connectivity index (χ1n) is 7.33. The lowest BCUT2D eigenvalue weighted by Crippen LogP contribution is -2.10. The average Bonchev–Trinajstić information content (AvgIpc) is 2.88. The number of hydrogen-bond acceptors (Lipinski definition) is 4. The van der Waals surface area contributed by atoms with Crippen LogP contribution in [0.5, 0.6) is 11.5 Å². The van der Waals surface area contributed by atoms with Gasteiger partial charge in [-0.1, -0.05) is 17.7 Å². The average molecular weight is 360 g/mol. The van der Waals surface area contributed by atoms with E-state index in [1.54, 1.807) is 42.5 Å². The van der Waals surface area contributed by atoms with Crippen molar-refractivity contribution >= 4 is 40.8 Å². The van der Waals surface area contributed by atoms with Gasteiger partial charge >= 0.3 is 5.97 Å². The minimum absolute atomic E-state index is 0.220. The molecule has 0 unspecified atom stereocenters. The van der Waals surface area contributed by atoms with Gasteiger partial charge in [0.25, 0.3) is 5.91 Å². The van der Waals surface area contributed by atoms with Crippen molar-refractivity contribution < 1.29 is 24.2 Å². The summed E-state index contributed by atoms with van der Waals surface area (Å²) in [6.07, 6.45) is 1.71. The van der Waals surface area contributed by atoms with Gasteiger partial charge in [-0.2, -0.15) is 0 Å². The van der Waals surface area contributed by atoms with E-state index >= 15 is 0 Å². The van der Waals surface area contributed by atoms with Crippen LogP contribution in [0.15, 0.2) is 36.4 Å². The molecular weight excluding hydrogens is 346 g/mol. The van der Waals surface area contributed by atoms with Gasteiger partial charge < -0.3 is 19.9 Å².